The highest BCUT2D eigenvalue weighted by molar-refractivity contribution is 4.98. The molecule has 0 saturated heterocycles. The molecule has 1 aliphatic carbocycles. The summed E-state index contributed by atoms with van der Waals surface area (Å²) in [4.78, 5) is 0. The molecule has 10 heavy (non-hydrogen) atoms. The molecule has 3 atom stereocenters. The summed E-state index contributed by atoms with van der Waals surface area (Å²) in [6.07, 6.45) is 8.03. The Kier molecular flexibility index (Phi) is 2.34. The van der Waals surface area contributed by atoms with Gasteiger partial charge in [0.2, 0.25) is 0 Å². The number of hydrogen-bond acceptors (Lipinski definition) is 1. The SMILES string of the molecule is C#C[C@@H](O)C1CCC(C)C1. The molecule has 1 N–H and O–H groups in total. The molecule has 1 aliphatic rings. The van der Waals surface area contributed by atoms with Gasteiger partial charge in [0.15, 0.2) is 0 Å². The first kappa shape index (κ1) is 7.63. The lowest BCUT2D eigenvalue weighted by molar-refractivity contribution is 0.162. The van der Waals surface area contributed by atoms with E-state index < -0.39 is 6.10 Å². The smallest absolute Gasteiger partial charge is 0.117 e. The van der Waals surface area contributed by atoms with Crippen molar-refractivity contribution in [1.29, 1.82) is 0 Å². The number of aliphatic hydroxyl groups excluding tert-OH is 1. The molecular weight excluding hydrogens is 124 g/mol. The second-order valence-corrected chi connectivity index (χ2v) is 3.29. The fourth-order valence-electron chi connectivity index (χ4n) is 1.67. The van der Waals surface area contributed by atoms with E-state index in [0.29, 0.717) is 5.92 Å². The highest BCUT2D eigenvalue weighted by Gasteiger charge is 2.25. The summed E-state index contributed by atoms with van der Waals surface area (Å²) in [7, 11) is 0. The summed E-state index contributed by atoms with van der Waals surface area (Å²) in [5, 5.41) is 9.24. The van der Waals surface area contributed by atoms with E-state index in [4.69, 9.17) is 6.42 Å². The maximum absolute atomic E-state index is 9.24. The van der Waals surface area contributed by atoms with Crippen molar-refractivity contribution in [2.24, 2.45) is 11.8 Å². The number of hydrogen-bond donors (Lipinski definition) is 1. The lowest BCUT2D eigenvalue weighted by atomic mass is 10.0. The van der Waals surface area contributed by atoms with Crippen molar-refractivity contribution >= 4 is 0 Å². The molecule has 1 fully saturated rings. The van der Waals surface area contributed by atoms with Crippen LogP contribution in [0.5, 0.6) is 0 Å². The second kappa shape index (κ2) is 3.07. The van der Waals surface area contributed by atoms with Gasteiger partial charge in [-0.05, 0) is 24.7 Å². The Hall–Kier alpha value is -0.480. The summed E-state index contributed by atoms with van der Waals surface area (Å²) in [6, 6.07) is 0. The van der Waals surface area contributed by atoms with Gasteiger partial charge in [0, 0.05) is 0 Å². The van der Waals surface area contributed by atoms with Crippen molar-refractivity contribution in [1.82, 2.24) is 0 Å². The molecule has 1 nitrogen and oxygen atoms in total. The van der Waals surface area contributed by atoms with Crippen molar-refractivity contribution in [3.63, 3.8) is 0 Å². The number of rotatable bonds is 1. The maximum Gasteiger partial charge on any atom is 0.117 e. The zero-order valence-electron chi connectivity index (χ0n) is 6.38. The molecule has 56 valence electrons. The van der Waals surface area contributed by atoms with E-state index >= 15 is 0 Å². The van der Waals surface area contributed by atoms with E-state index in [2.05, 4.69) is 12.8 Å². The molecule has 1 rings (SSSR count). The highest BCUT2D eigenvalue weighted by Crippen LogP contribution is 2.32. The van der Waals surface area contributed by atoms with Crippen molar-refractivity contribution in [2.75, 3.05) is 0 Å². The first-order valence-corrected chi connectivity index (χ1v) is 3.88. The summed E-state index contributed by atoms with van der Waals surface area (Å²) in [6.45, 7) is 2.21. The van der Waals surface area contributed by atoms with Gasteiger partial charge in [-0.1, -0.05) is 19.3 Å². The third kappa shape index (κ3) is 1.52. The van der Waals surface area contributed by atoms with Crippen LogP contribution in [0, 0.1) is 24.2 Å². The second-order valence-electron chi connectivity index (χ2n) is 3.29. The monoisotopic (exact) mass is 138 g/mol. The van der Waals surface area contributed by atoms with Gasteiger partial charge >= 0.3 is 0 Å². The quantitative estimate of drug-likeness (QED) is 0.543. The van der Waals surface area contributed by atoms with E-state index in [1.165, 1.54) is 6.42 Å². The topological polar surface area (TPSA) is 20.2 Å². The van der Waals surface area contributed by atoms with Gasteiger partial charge in [-0.25, -0.2) is 0 Å². The maximum atomic E-state index is 9.24. The molecular formula is C9H14O. The summed E-state index contributed by atoms with van der Waals surface area (Å²) >= 11 is 0. The first-order chi connectivity index (χ1) is 4.74. The molecule has 0 spiro atoms. The Balaban J connectivity index is 2.39. The number of terminal acetylenes is 1. The van der Waals surface area contributed by atoms with E-state index in [0.717, 1.165) is 18.8 Å². The highest BCUT2D eigenvalue weighted by atomic mass is 16.3. The normalized spacial score (nSPS) is 35.3. The fraction of sp³-hybridized carbons (Fsp3) is 0.778. The fourth-order valence-corrected chi connectivity index (χ4v) is 1.67. The molecule has 2 unspecified atom stereocenters. The van der Waals surface area contributed by atoms with E-state index in [-0.39, 0.29) is 0 Å². The van der Waals surface area contributed by atoms with Gasteiger partial charge in [-0.2, -0.15) is 0 Å². The minimum atomic E-state index is -0.495. The van der Waals surface area contributed by atoms with Crippen LogP contribution in [0.4, 0.5) is 0 Å². The van der Waals surface area contributed by atoms with Crippen LogP contribution in [-0.2, 0) is 0 Å². The van der Waals surface area contributed by atoms with Crippen LogP contribution < -0.4 is 0 Å². The molecule has 0 radical (unpaired) electrons. The van der Waals surface area contributed by atoms with E-state index in [1.807, 2.05) is 0 Å². The largest absolute Gasteiger partial charge is 0.380 e. The predicted molar refractivity (Wildman–Crippen MR) is 41.3 cm³/mol. The Morgan fingerprint density at radius 2 is 2.30 bits per heavy atom. The molecule has 0 aliphatic heterocycles. The first-order valence-electron chi connectivity index (χ1n) is 3.88. The molecule has 0 bridgehead atoms. The minimum Gasteiger partial charge on any atom is -0.380 e. The summed E-state index contributed by atoms with van der Waals surface area (Å²) in [5.41, 5.74) is 0. The van der Waals surface area contributed by atoms with Gasteiger partial charge in [-0.15, -0.1) is 6.42 Å². The molecule has 0 aromatic rings. The Morgan fingerprint density at radius 3 is 2.70 bits per heavy atom. The van der Waals surface area contributed by atoms with Gasteiger partial charge in [0.25, 0.3) is 0 Å². The summed E-state index contributed by atoms with van der Waals surface area (Å²) in [5.74, 6) is 3.52. The molecule has 0 amide bonds. The van der Waals surface area contributed by atoms with E-state index in [1.54, 1.807) is 0 Å². The summed E-state index contributed by atoms with van der Waals surface area (Å²) < 4.78 is 0. The minimum absolute atomic E-state index is 0.375. The average Bonchev–Trinajstić information content (AvgIpc) is 2.34. The standard InChI is InChI=1S/C9H14O/c1-3-9(10)8-5-4-7(2)6-8/h1,7-10H,4-6H2,2H3/t7?,8?,9-/m1/s1. The zero-order valence-corrected chi connectivity index (χ0v) is 6.38. The van der Waals surface area contributed by atoms with Crippen LogP contribution in [-0.4, -0.2) is 11.2 Å². The average molecular weight is 138 g/mol. The zero-order chi connectivity index (χ0) is 7.56. The lowest BCUT2D eigenvalue weighted by Gasteiger charge is -2.10. The Bertz CT molecular complexity index is 145. The van der Waals surface area contributed by atoms with Crippen molar-refractivity contribution < 1.29 is 5.11 Å². The third-order valence-corrected chi connectivity index (χ3v) is 2.35. The van der Waals surface area contributed by atoms with Crippen LogP contribution in [0.25, 0.3) is 0 Å². The molecule has 1 saturated carbocycles. The molecule has 0 aromatic carbocycles. The van der Waals surface area contributed by atoms with E-state index in [9.17, 15) is 5.11 Å². The van der Waals surface area contributed by atoms with Crippen molar-refractivity contribution in [2.45, 2.75) is 32.3 Å². The number of aliphatic hydroxyl groups is 1. The predicted octanol–water partition coefficient (Wildman–Crippen LogP) is 1.42. The molecule has 0 heterocycles. The lowest BCUT2D eigenvalue weighted by Crippen LogP contribution is -2.14. The molecule has 0 aromatic heterocycles. The van der Waals surface area contributed by atoms with Crippen LogP contribution in [0.1, 0.15) is 26.2 Å². The van der Waals surface area contributed by atoms with Gasteiger partial charge < -0.3 is 5.11 Å². The third-order valence-electron chi connectivity index (χ3n) is 2.35. The van der Waals surface area contributed by atoms with Crippen LogP contribution in [0.3, 0.4) is 0 Å². The van der Waals surface area contributed by atoms with Gasteiger partial charge in [0.05, 0.1) is 0 Å². The van der Waals surface area contributed by atoms with Crippen molar-refractivity contribution in [3.05, 3.63) is 0 Å². The Morgan fingerprint density at radius 1 is 1.60 bits per heavy atom. The molecule has 1 heteroatoms. The van der Waals surface area contributed by atoms with Crippen molar-refractivity contribution in [3.8, 4) is 12.3 Å². The van der Waals surface area contributed by atoms with Crippen LogP contribution in [0.15, 0.2) is 0 Å². The van der Waals surface area contributed by atoms with Crippen LogP contribution in [0.2, 0.25) is 0 Å². The van der Waals surface area contributed by atoms with Gasteiger partial charge in [0.1, 0.15) is 6.10 Å². The Labute approximate surface area is 62.4 Å². The van der Waals surface area contributed by atoms with Gasteiger partial charge in [-0.3, -0.25) is 0 Å². The van der Waals surface area contributed by atoms with Crippen LogP contribution >= 0.6 is 0 Å².